The molecule has 1 atom stereocenters. The van der Waals surface area contributed by atoms with Crippen molar-refractivity contribution in [1.82, 2.24) is 9.97 Å². The summed E-state index contributed by atoms with van der Waals surface area (Å²) in [6.45, 7) is 19.0. The van der Waals surface area contributed by atoms with Crippen molar-refractivity contribution in [2.75, 3.05) is 16.8 Å². The minimum atomic E-state index is -1.80. The van der Waals surface area contributed by atoms with Crippen LogP contribution in [-0.4, -0.2) is 48.1 Å². The Balaban J connectivity index is 1.90. The Kier molecular flexibility index (Phi) is 10.5. The quantitative estimate of drug-likeness (QED) is 0.261. The van der Waals surface area contributed by atoms with Crippen LogP contribution in [0.5, 0.6) is 0 Å². The molecule has 1 heterocycles. The molecule has 0 radical (unpaired) electrons. The number of hydrogen-bond acceptors (Lipinski definition) is 6. The normalized spacial score (nSPS) is 19.1. The highest BCUT2D eigenvalue weighted by Gasteiger charge is 2.40. The maximum atomic E-state index is 11.4. The van der Waals surface area contributed by atoms with Crippen LogP contribution in [0.25, 0.3) is 0 Å². The first-order chi connectivity index (χ1) is 18.2. The standard InChI is InChI=1S/C30H47ClN4O3Si/c1-20(2)19-35(23-10-12-24(13-11-23)38-39(7,8)30(4,5)6)26-14-9-22(21(3)15-29(36)37)16-25(26)34-28-18-32-27(31)17-33-28/h9,14,16-18,20-21,23-24H,10-13,15,19H2,1-8H3,(H,33,34)(H,36,37). The lowest BCUT2D eigenvalue weighted by molar-refractivity contribution is -0.137. The minimum absolute atomic E-state index is 0.0769. The second-order valence-corrected chi connectivity index (χ2v) is 18.1. The van der Waals surface area contributed by atoms with E-state index in [0.29, 0.717) is 29.0 Å². The highest BCUT2D eigenvalue weighted by Crippen LogP contribution is 2.41. The zero-order valence-electron chi connectivity index (χ0n) is 24.9. The molecule has 0 spiro atoms. The van der Waals surface area contributed by atoms with Gasteiger partial charge in [0.1, 0.15) is 11.0 Å². The summed E-state index contributed by atoms with van der Waals surface area (Å²) < 4.78 is 6.78. The Morgan fingerprint density at radius 2 is 1.82 bits per heavy atom. The fourth-order valence-corrected chi connectivity index (χ4v) is 6.53. The number of carbonyl (C=O) groups is 1. The third kappa shape index (κ3) is 8.66. The van der Waals surface area contributed by atoms with Gasteiger partial charge in [-0.3, -0.25) is 4.79 Å². The molecule has 1 saturated carbocycles. The topological polar surface area (TPSA) is 87.6 Å². The molecule has 7 nitrogen and oxygen atoms in total. The monoisotopic (exact) mass is 574 g/mol. The highest BCUT2D eigenvalue weighted by atomic mass is 35.5. The van der Waals surface area contributed by atoms with E-state index in [4.69, 9.17) is 16.0 Å². The van der Waals surface area contributed by atoms with Crippen LogP contribution in [0.4, 0.5) is 17.2 Å². The van der Waals surface area contributed by atoms with E-state index in [1.165, 1.54) is 6.20 Å². The molecule has 0 aliphatic heterocycles. The van der Waals surface area contributed by atoms with Crippen molar-refractivity contribution < 1.29 is 14.3 Å². The SMILES string of the molecule is CC(C)CN(c1ccc(C(C)CC(=O)O)cc1Nc1cnc(Cl)cn1)C1CCC(O[Si](C)(C)C(C)(C)C)CC1. The van der Waals surface area contributed by atoms with Gasteiger partial charge < -0.3 is 19.7 Å². The lowest BCUT2D eigenvalue weighted by atomic mass is 9.90. The van der Waals surface area contributed by atoms with E-state index in [0.717, 1.165) is 49.2 Å². The first kappa shape index (κ1) is 31.4. The Labute approximate surface area is 240 Å². The average molecular weight is 575 g/mol. The van der Waals surface area contributed by atoms with Crippen molar-refractivity contribution in [2.24, 2.45) is 5.92 Å². The lowest BCUT2D eigenvalue weighted by Crippen LogP contribution is -2.47. The highest BCUT2D eigenvalue weighted by molar-refractivity contribution is 6.74. The van der Waals surface area contributed by atoms with Gasteiger partial charge in [-0.25, -0.2) is 9.97 Å². The van der Waals surface area contributed by atoms with Gasteiger partial charge >= 0.3 is 5.97 Å². The maximum Gasteiger partial charge on any atom is 0.303 e. The summed E-state index contributed by atoms with van der Waals surface area (Å²) in [5.41, 5.74) is 2.98. The molecule has 1 unspecified atom stereocenters. The molecule has 0 bridgehead atoms. The molecule has 216 valence electrons. The van der Waals surface area contributed by atoms with E-state index in [1.54, 1.807) is 6.20 Å². The molecule has 0 saturated heterocycles. The maximum absolute atomic E-state index is 11.4. The second kappa shape index (κ2) is 13.0. The fraction of sp³-hybridized carbons (Fsp3) is 0.633. The van der Waals surface area contributed by atoms with Gasteiger partial charge in [-0.05, 0) is 73.3 Å². The van der Waals surface area contributed by atoms with Crippen LogP contribution in [0.2, 0.25) is 23.3 Å². The van der Waals surface area contributed by atoms with Crippen molar-refractivity contribution in [2.45, 2.75) is 110 Å². The number of aromatic nitrogens is 2. The van der Waals surface area contributed by atoms with Gasteiger partial charge in [-0.1, -0.05) is 59.2 Å². The summed E-state index contributed by atoms with van der Waals surface area (Å²) in [5.74, 6) is 0.150. The number of carboxylic acid groups (broad SMARTS) is 1. The van der Waals surface area contributed by atoms with Crippen LogP contribution in [0.15, 0.2) is 30.6 Å². The van der Waals surface area contributed by atoms with E-state index in [2.05, 4.69) is 86.1 Å². The zero-order chi connectivity index (χ0) is 29.0. The molecule has 1 aliphatic rings. The van der Waals surface area contributed by atoms with E-state index < -0.39 is 14.3 Å². The summed E-state index contributed by atoms with van der Waals surface area (Å²) in [6, 6.07) is 6.67. The molecule has 2 aromatic rings. The lowest BCUT2D eigenvalue weighted by Gasteiger charge is -2.44. The van der Waals surface area contributed by atoms with Crippen molar-refractivity contribution in [3.8, 4) is 0 Å². The molecular weight excluding hydrogens is 528 g/mol. The number of aliphatic carboxylic acids is 1. The molecule has 1 fully saturated rings. The van der Waals surface area contributed by atoms with Gasteiger partial charge in [0.15, 0.2) is 8.32 Å². The first-order valence-electron chi connectivity index (χ1n) is 14.2. The Morgan fingerprint density at radius 3 is 2.36 bits per heavy atom. The minimum Gasteiger partial charge on any atom is -0.481 e. The van der Waals surface area contributed by atoms with E-state index >= 15 is 0 Å². The Bertz CT molecular complexity index is 1100. The molecule has 1 aromatic heterocycles. The van der Waals surface area contributed by atoms with Crippen LogP contribution in [-0.2, 0) is 9.22 Å². The van der Waals surface area contributed by atoms with Gasteiger partial charge in [0.2, 0.25) is 0 Å². The number of nitrogens with zero attached hydrogens (tertiary/aromatic N) is 3. The number of carboxylic acids is 1. The average Bonchev–Trinajstić information content (AvgIpc) is 2.83. The van der Waals surface area contributed by atoms with E-state index in [1.807, 2.05) is 6.92 Å². The summed E-state index contributed by atoms with van der Waals surface area (Å²) >= 11 is 5.97. The molecule has 9 heteroatoms. The first-order valence-corrected chi connectivity index (χ1v) is 17.5. The van der Waals surface area contributed by atoms with Crippen LogP contribution < -0.4 is 10.2 Å². The molecule has 0 amide bonds. The van der Waals surface area contributed by atoms with E-state index in [-0.39, 0.29) is 17.4 Å². The van der Waals surface area contributed by atoms with Gasteiger partial charge in [0.25, 0.3) is 0 Å². The third-order valence-electron chi connectivity index (χ3n) is 8.18. The summed E-state index contributed by atoms with van der Waals surface area (Å²) in [5, 5.41) is 13.4. The summed E-state index contributed by atoms with van der Waals surface area (Å²) in [6.07, 6.45) is 7.81. The van der Waals surface area contributed by atoms with Gasteiger partial charge in [-0.2, -0.15) is 0 Å². The van der Waals surface area contributed by atoms with E-state index in [9.17, 15) is 9.90 Å². The summed E-state index contributed by atoms with van der Waals surface area (Å²) in [4.78, 5) is 22.5. The van der Waals surface area contributed by atoms with Crippen molar-refractivity contribution in [3.05, 3.63) is 41.3 Å². The number of nitrogens with one attached hydrogen (secondary N) is 1. The number of anilines is 3. The molecule has 1 aliphatic carbocycles. The third-order valence-corrected chi connectivity index (χ3v) is 12.9. The number of halogens is 1. The van der Waals surface area contributed by atoms with Crippen molar-refractivity contribution >= 4 is 43.1 Å². The molecular formula is C30H47ClN4O3Si. The number of benzene rings is 1. The predicted molar refractivity (Wildman–Crippen MR) is 164 cm³/mol. The summed E-state index contributed by atoms with van der Waals surface area (Å²) in [7, 11) is -1.80. The number of hydrogen-bond donors (Lipinski definition) is 2. The van der Waals surface area contributed by atoms with Crippen LogP contribution >= 0.6 is 11.6 Å². The van der Waals surface area contributed by atoms with Gasteiger partial charge in [-0.15, -0.1) is 0 Å². The molecule has 39 heavy (non-hydrogen) atoms. The van der Waals surface area contributed by atoms with Gasteiger partial charge in [0, 0.05) is 18.7 Å². The Morgan fingerprint density at radius 1 is 1.15 bits per heavy atom. The largest absolute Gasteiger partial charge is 0.481 e. The van der Waals surface area contributed by atoms with Crippen molar-refractivity contribution in [1.29, 1.82) is 0 Å². The van der Waals surface area contributed by atoms with Crippen LogP contribution in [0.3, 0.4) is 0 Å². The fourth-order valence-electron chi connectivity index (χ4n) is 5.01. The number of rotatable bonds is 11. The van der Waals surface area contributed by atoms with Gasteiger partial charge in [0.05, 0.1) is 30.2 Å². The molecule has 1 aromatic carbocycles. The second-order valence-electron chi connectivity index (χ2n) is 13.0. The Hall–Kier alpha value is -2.16. The zero-order valence-corrected chi connectivity index (χ0v) is 26.7. The predicted octanol–water partition coefficient (Wildman–Crippen LogP) is 8.25. The smallest absolute Gasteiger partial charge is 0.303 e. The van der Waals surface area contributed by atoms with Crippen LogP contribution in [0.1, 0.15) is 85.1 Å². The van der Waals surface area contributed by atoms with Crippen LogP contribution in [0, 0.1) is 5.92 Å². The molecule has 3 rings (SSSR count). The van der Waals surface area contributed by atoms with Crippen molar-refractivity contribution in [3.63, 3.8) is 0 Å². The molecule has 2 N–H and O–H groups in total.